The molecule has 1 saturated carbocycles. The first-order valence-corrected chi connectivity index (χ1v) is 7.90. The lowest BCUT2D eigenvalue weighted by atomic mass is 10.2. The minimum Gasteiger partial charge on any atom is -0.383 e. The summed E-state index contributed by atoms with van der Waals surface area (Å²) in [5, 5.41) is 8.81. The molecule has 1 fully saturated rings. The molecule has 2 atom stereocenters. The molecule has 0 spiro atoms. The number of halogens is 1. The number of nitrogen functional groups attached to an aromatic ring is 1. The van der Waals surface area contributed by atoms with Gasteiger partial charge in [0.15, 0.2) is 0 Å². The van der Waals surface area contributed by atoms with Crippen LogP contribution in [0.3, 0.4) is 0 Å². The number of pyridine rings is 2. The van der Waals surface area contributed by atoms with Crippen molar-refractivity contribution >= 4 is 39.9 Å². The molecule has 122 valence electrons. The monoisotopic (exact) mass is 342 g/mol. The molecule has 2 unspecified atom stereocenters. The van der Waals surface area contributed by atoms with Gasteiger partial charge in [-0.15, -0.1) is 0 Å². The summed E-state index contributed by atoms with van der Waals surface area (Å²) in [5.41, 5.74) is 6.91. The number of carbonyl (C=O) groups is 1. The second kappa shape index (κ2) is 5.45. The van der Waals surface area contributed by atoms with Gasteiger partial charge in [0.2, 0.25) is 5.91 Å². The molecule has 3 N–H and O–H groups in total. The molecular formula is C16H15ClN6O. The Morgan fingerprint density at radius 2 is 2.25 bits per heavy atom. The van der Waals surface area contributed by atoms with Crippen molar-refractivity contribution in [1.82, 2.24) is 19.7 Å². The zero-order valence-corrected chi connectivity index (χ0v) is 13.7. The number of anilines is 2. The van der Waals surface area contributed by atoms with E-state index in [9.17, 15) is 4.79 Å². The highest BCUT2D eigenvalue weighted by atomic mass is 35.5. The fourth-order valence-corrected chi connectivity index (χ4v) is 3.12. The van der Waals surface area contributed by atoms with E-state index in [1.165, 1.54) is 0 Å². The van der Waals surface area contributed by atoms with Crippen LogP contribution in [0.5, 0.6) is 0 Å². The maximum atomic E-state index is 12.4. The average molecular weight is 343 g/mol. The fourth-order valence-electron chi connectivity index (χ4n) is 2.91. The van der Waals surface area contributed by atoms with Gasteiger partial charge in [-0.1, -0.05) is 11.6 Å². The molecule has 1 amide bonds. The molecule has 0 bridgehead atoms. The van der Waals surface area contributed by atoms with E-state index in [4.69, 9.17) is 17.3 Å². The molecule has 0 aromatic carbocycles. The number of aryl methyl sites for hydroxylation is 1. The van der Waals surface area contributed by atoms with E-state index in [1.54, 1.807) is 23.0 Å². The highest BCUT2D eigenvalue weighted by Crippen LogP contribution is 2.47. The molecule has 7 nitrogen and oxygen atoms in total. The van der Waals surface area contributed by atoms with E-state index in [-0.39, 0.29) is 17.7 Å². The first-order valence-electron chi connectivity index (χ1n) is 7.52. The second-order valence-electron chi connectivity index (χ2n) is 6.01. The predicted molar refractivity (Wildman–Crippen MR) is 91.6 cm³/mol. The van der Waals surface area contributed by atoms with Crippen molar-refractivity contribution < 1.29 is 4.79 Å². The number of amides is 1. The van der Waals surface area contributed by atoms with Crippen LogP contribution >= 0.6 is 11.6 Å². The molecule has 0 radical (unpaired) electrons. The van der Waals surface area contributed by atoms with Crippen molar-refractivity contribution in [3.05, 3.63) is 41.4 Å². The van der Waals surface area contributed by atoms with Gasteiger partial charge in [0.25, 0.3) is 0 Å². The highest BCUT2D eigenvalue weighted by molar-refractivity contribution is 6.30. The molecule has 0 saturated heterocycles. The normalized spacial score (nSPS) is 19.4. The van der Waals surface area contributed by atoms with Gasteiger partial charge in [-0.25, -0.2) is 9.97 Å². The van der Waals surface area contributed by atoms with Gasteiger partial charge in [-0.2, -0.15) is 5.10 Å². The molecule has 3 aromatic heterocycles. The minimum absolute atomic E-state index is 0.0381. The Morgan fingerprint density at radius 3 is 3.00 bits per heavy atom. The Kier molecular flexibility index (Phi) is 3.38. The lowest BCUT2D eigenvalue weighted by Crippen LogP contribution is -2.15. The molecule has 1 aliphatic carbocycles. The van der Waals surface area contributed by atoms with Crippen molar-refractivity contribution in [1.29, 1.82) is 0 Å². The van der Waals surface area contributed by atoms with Crippen LogP contribution in [0.25, 0.3) is 10.8 Å². The van der Waals surface area contributed by atoms with E-state index in [0.29, 0.717) is 22.2 Å². The number of nitrogens with zero attached hydrogens (tertiary/aromatic N) is 4. The molecule has 3 aromatic rings. The number of rotatable bonds is 3. The van der Waals surface area contributed by atoms with E-state index in [0.717, 1.165) is 17.4 Å². The summed E-state index contributed by atoms with van der Waals surface area (Å²) < 4.78 is 1.75. The molecule has 24 heavy (non-hydrogen) atoms. The van der Waals surface area contributed by atoms with Crippen LogP contribution in [0.2, 0.25) is 5.15 Å². The lowest BCUT2D eigenvalue weighted by molar-refractivity contribution is -0.117. The van der Waals surface area contributed by atoms with Crippen LogP contribution in [0.15, 0.2) is 30.7 Å². The summed E-state index contributed by atoms with van der Waals surface area (Å²) in [4.78, 5) is 20.6. The van der Waals surface area contributed by atoms with Gasteiger partial charge in [-0.05, 0) is 35.4 Å². The SMILES string of the molecule is Cn1cc(C2CC2C(=O)Nc2cc3cc(Cl)nc(N)c3cn2)cn1. The lowest BCUT2D eigenvalue weighted by Gasteiger charge is -2.07. The average Bonchev–Trinajstić information content (AvgIpc) is 3.21. The molecule has 8 heteroatoms. The summed E-state index contributed by atoms with van der Waals surface area (Å²) in [7, 11) is 1.87. The molecule has 4 rings (SSSR count). The minimum atomic E-state index is -0.0437. The van der Waals surface area contributed by atoms with Gasteiger partial charge < -0.3 is 11.1 Å². The third-order valence-electron chi connectivity index (χ3n) is 4.25. The smallest absolute Gasteiger partial charge is 0.229 e. The Labute approximate surface area is 142 Å². The fraction of sp³-hybridized carbons (Fsp3) is 0.250. The van der Waals surface area contributed by atoms with Crippen LogP contribution in [0, 0.1) is 5.92 Å². The third kappa shape index (κ3) is 2.67. The van der Waals surface area contributed by atoms with Gasteiger partial charge in [0.05, 0.1) is 6.20 Å². The van der Waals surface area contributed by atoms with Crippen molar-refractivity contribution in [2.45, 2.75) is 12.3 Å². The van der Waals surface area contributed by atoms with Crippen LogP contribution in [-0.2, 0) is 11.8 Å². The van der Waals surface area contributed by atoms with Crippen LogP contribution in [-0.4, -0.2) is 25.7 Å². The number of aromatic nitrogens is 4. The van der Waals surface area contributed by atoms with Crippen molar-refractivity contribution in [2.24, 2.45) is 13.0 Å². The summed E-state index contributed by atoms with van der Waals surface area (Å²) in [6.07, 6.45) is 6.18. The Bertz CT molecular complexity index is 953. The third-order valence-corrected chi connectivity index (χ3v) is 4.44. The number of nitrogens with one attached hydrogen (secondary N) is 1. The Morgan fingerprint density at radius 1 is 1.42 bits per heavy atom. The van der Waals surface area contributed by atoms with E-state index >= 15 is 0 Å². The number of carbonyl (C=O) groups excluding carboxylic acids is 1. The summed E-state index contributed by atoms with van der Waals surface area (Å²) in [6, 6.07) is 3.44. The number of hydrogen-bond acceptors (Lipinski definition) is 5. The molecule has 3 heterocycles. The van der Waals surface area contributed by atoms with E-state index in [1.807, 2.05) is 19.4 Å². The van der Waals surface area contributed by atoms with E-state index < -0.39 is 0 Å². The number of hydrogen-bond donors (Lipinski definition) is 2. The summed E-state index contributed by atoms with van der Waals surface area (Å²) in [6.45, 7) is 0. The van der Waals surface area contributed by atoms with Crippen LogP contribution < -0.4 is 11.1 Å². The largest absolute Gasteiger partial charge is 0.383 e. The Balaban J connectivity index is 1.51. The number of nitrogens with two attached hydrogens (primary N) is 1. The Hall–Kier alpha value is -2.67. The van der Waals surface area contributed by atoms with Gasteiger partial charge in [0.1, 0.15) is 16.8 Å². The van der Waals surface area contributed by atoms with Gasteiger partial charge in [-0.3, -0.25) is 9.48 Å². The summed E-state index contributed by atoms with van der Waals surface area (Å²) >= 11 is 5.92. The van der Waals surface area contributed by atoms with Crippen LogP contribution in [0.4, 0.5) is 11.6 Å². The quantitative estimate of drug-likeness (QED) is 0.712. The molecule has 0 aliphatic heterocycles. The topological polar surface area (TPSA) is 98.7 Å². The molecule has 1 aliphatic rings. The van der Waals surface area contributed by atoms with Gasteiger partial charge >= 0.3 is 0 Å². The predicted octanol–water partition coefficient (Wildman–Crippen LogP) is 2.34. The summed E-state index contributed by atoms with van der Waals surface area (Å²) in [5.74, 6) is 0.947. The maximum absolute atomic E-state index is 12.4. The van der Waals surface area contributed by atoms with E-state index in [2.05, 4.69) is 20.4 Å². The number of fused-ring (bicyclic) bond motifs is 1. The standard InChI is InChI=1S/C16H15ClN6O/c1-23-7-9(5-20-23)10-4-11(10)16(24)22-14-3-8-2-13(17)21-15(18)12(8)6-19-14/h2-3,5-7,10-11H,4H2,1H3,(H2,18,21)(H,19,22,24). The van der Waals surface area contributed by atoms with Gasteiger partial charge in [0, 0.05) is 30.7 Å². The van der Waals surface area contributed by atoms with Crippen molar-refractivity contribution in [2.75, 3.05) is 11.1 Å². The highest BCUT2D eigenvalue weighted by Gasteiger charge is 2.44. The molecular weight excluding hydrogens is 328 g/mol. The van der Waals surface area contributed by atoms with Crippen molar-refractivity contribution in [3.8, 4) is 0 Å². The van der Waals surface area contributed by atoms with Crippen LogP contribution in [0.1, 0.15) is 17.9 Å². The first kappa shape index (κ1) is 14.9. The van der Waals surface area contributed by atoms with Crippen molar-refractivity contribution in [3.63, 3.8) is 0 Å². The maximum Gasteiger partial charge on any atom is 0.229 e. The second-order valence-corrected chi connectivity index (χ2v) is 6.39. The first-order chi connectivity index (χ1) is 11.5. The zero-order valence-electron chi connectivity index (χ0n) is 12.9. The zero-order chi connectivity index (χ0) is 16.8.